The highest BCUT2D eigenvalue weighted by molar-refractivity contribution is 7.14. The van der Waals surface area contributed by atoms with Crippen molar-refractivity contribution in [1.29, 1.82) is 0 Å². The third kappa shape index (κ3) is 11.3. The summed E-state index contributed by atoms with van der Waals surface area (Å²) >= 11 is 0. The Labute approximate surface area is 716 Å². The molecule has 0 amide bonds. The second-order valence-electron chi connectivity index (χ2n) is 46.6. The molecule has 0 saturated carbocycles. The predicted molar refractivity (Wildman–Crippen MR) is 530 cm³/mol. The van der Waals surface area contributed by atoms with Gasteiger partial charge in [-0.25, -0.2) is 0 Å². The summed E-state index contributed by atoms with van der Waals surface area (Å²) in [5.41, 5.74) is 52.8. The highest BCUT2D eigenvalue weighted by Gasteiger charge is 2.63. The van der Waals surface area contributed by atoms with Crippen molar-refractivity contribution in [3.8, 4) is 0 Å². The van der Waals surface area contributed by atoms with Gasteiger partial charge in [0.2, 0.25) is 40.3 Å². The van der Waals surface area contributed by atoms with Crippen LogP contribution < -0.4 is 124 Å². The summed E-state index contributed by atoms with van der Waals surface area (Å²) in [6.45, 7) is 70.8. The van der Waals surface area contributed by atoms with Crippen LogP contribution in [0.4, 0.5) is 51.2 Å². The van der Waals surface area contributed by atoms with Crippen LogP contribution in [0, 0.1) is 5.41 Å². The van der Waals surface area contributed by atoms with Gasteiger partial charge in [-0.15, -0.1) is 0 Å². The van der Waals surface area contributed by atoms with Crippen molar-refractivity contribution in [2.24, 2.45) is 5.41 Å². The Morgan fingerprint density at radius 1 is 0.235 bits per heavy atom. The zero-order chi connectivity index (χ0) is 84.4. The number of benzene rings is 11. The van der Waals surface area contributed by atoms with E-state index >= 15 is 0 Å². The summed E-state index contributed by atoms with van der Waals surface area (Å²) in [5.74, 6) is 0. The van der Waals surface area contributed by atoms with E-state index in [1.165, 1.54) is 216 Å². The third-order valence-corrected chi connectivity index (χ3v) is 29.4. The van der Waals surface area contributed by atoms with Crippen LogP contribution in [0.3, 0.4) is 0 Å². The van der Waals surface area contributed by atoms with Crippen LogP contribution in [-0.4, -0.2) is 47.0 Å². The molecule has 0 unspecified atom stereocenters. The summed E-state index contributed by atoms with van der Waals surface area (Å²) < 4.78 is 0. The van der Waals surface area contributed by atoms with Crippen LogP contribution in [-0.2, 0) is 43.3 Å². The lowest BCUT2D eigenvalue weighted by Crippen LogP contribution is -2.80. The molecule has 9 aliphatic heterocycles. The highest BCUT2D eigenvalue weighted by Crippen LogP contribution is 2.54. The Hall–Kier alpha value is -9.51. The van der Waals surface area contributed by atoms with Crippen molar-refractivity contribution in [3.63, 3.8) is 0 Å². The minimum absolute atomic E-state index is 0.0439. The Bertz CT molecular complexity index is 6060. The lowest BCUT2D eigenvalue weighted by atomic mass is 9.20. The summed E-state index contributed by atoms with van der Waals surface area (Å²) in [5, 5.41) is 0. The van der Waals surface area contributed by atoms with Gasteiger partial charge in [-0.2, -0.15) is 0 Å². The highest BCUT2D eigenvalue weighted by atomic mass is 15.2. The Morgan fingerprint density at radius 3 is 0.647 bits per heavy atom. The van der Waals surface area contributed by atoms with Gasteiger partial charge in [0.05, 0.1) is 0 Å². The molecule has 0 bridgehead atoms. The van der Waals surface area contributed by atoms with Crippen molar-refractivity contribution in [3.05, 3.63) is 256 Å². The molecule has 11 aromatic carbocycles. The van der Waals surface area contributed by atoms with E-state index in [1.54, 1.807) is 0 Å². The summed E-state index contributed by atoms with van der Waals surface area (Å²) in [6, 6.07) is 75.0. The van der Waals surface area contributed by atoms with Crippen LogP contribution in [0.5, 0.6) is 0 Å². The van der Waals surface area contributed by atoms with Crippen molar-refractivity contribution >= 4 is 207 Å². The molecular formula is C109H118B7N3. The standard InChI is InChI=1S/C109H118B7N3/c1-30-63(101(3,4)5)32-31-62(2)110-77-53-69(107(21,22)23)54-78-92(77)117-95-83(110)59-84-96-89(95)116-90-97(117)85(111(78)72-43-33-64(34-44-72)102(6,7)8)60-86-98(90)119-94-81(114(86)75-49-39-67(40-50-75)105(15,16)17)57-71(109(27,28)29)58-82(94)115(76-51-41-68(42-52-76)106(18,19)20)88-61-87-99(91(116)100(88)119)118(96)93-79(112(84)73-45-35-65(36-46-73)103(9,10)11)55-70(108(24,25)26)56-80(93)113(87)74-47-37-66(38-48-74)104(12,13)14/h30-61H,1H2,2-29H3/b62-31+,63-32+. The smallest absolute Gasteiger partial charge is 0.257 e. The largest absolute Gasteiger partial charge is 0.313 e. The molecule has 0 fully saturated rings. The van der Waals surface area contributed by atoms with E-state index in [0.29, 0.717) is 0 Å². The van der Waals surface area contributed by atoms with Gasteiger partial charge in [-0.05, 0) is 181 Å². The first-order valence-electron chi connectivity index (χ1n) is 44.7. The Morgan fingerprint density at radius 2 is 0.429 bits per heavy atom. The minimum Gasteiger partial charge on any atom is -0.313 e. The molecular weight excluding hydrogens is 1430 g/mol. The van der Waals surface area contributed by atoms with E-state index in [9.17, 15) is 0 Å². The fourth-order valence-corrected chi connectivity index (χ4v) is 22.8. The molecule has 0 N–H and O–H groups in total. The lowest BCUT2D eigenvalue weighted by Gasteiger charge is -2.60. The molecule has 0 aromatic heterocycles. The molecule has 10 heteroatoms. The van der Waals surface area contributed by atoms with E-state index in [2.05, 4.69) is 409 Å². The first kappa shape index (κ1) is 78.1. The fourth-order valence-electron chi connectivity index (χ4n) is 22.8. The maximum atomic E-state index is 4.52. The van der Waals surface area contributed by atoms with Gasteiger partial charge in [-0.3, -0.25) is 0 Å². The first-order chi connectivity index (χ1) is 55.6. The van der Waals surface area contributed by atoms with E-state index in [-0.39, 0.29) is 95.7 Å². The molecule has 0 spiro atoms. The van der Waals surface area contributed by atoms with Crippen LogP contribution in [0.25, 0.3) is 0 Å². The molecule has 119 heavy (non-hydrogen) atoms. The van der Waals surface area contributed by atoms with Gasteiger partial charge < -0.3 is 14.7 Å². The molecule has 11 aromatic rings. The van der Waals surface area contributed by atoms with E-state index < -0.39 is 0 Å². The molecule has 9 heterocycles. The second-order valence-corrected chi connectivity index (χ2v) is 46.6. The van der Waals surface area contributed by atoms with Crippen LogP contribution >= 0.6 is 0 Å². The van der Waals surface area contributed by atoms with Crippen molar-refractivity contribution in [2.45, 2.75) is 237 Å². The van der Waals surface area contributed by atoms with Crippen LogP contribution in [0.2, 0.25) is 0 Å². The number of hydrogen-bond donors (Lipinski definition) is 0. The zero-order valence-corrected chi connectivity index (χ0v) is 76.6. The Balaban J connectivity index is 1.04. The number of rotatable bonds is 8. The Kier molecular flexibility index (Phi) is 16.5. The van der Waals surface area contributed by atoms with Gasteiger partial charge in [-0.1, -0.05) is 427 Å². The second kappa shape index (κ2) is 25.1. The summed E-state index contributed by atoms with van der Waals surface area (Å²) in [7, 11) is 0. The lowest BCUT2D eigenvalue weighted by molar-refractivity contribution is 0.517. The quantitative estimate of drug-likeness (QED) is 0.111. The first-order valence-corrected chi connectivity index (χ1v) is 44.7. The number of anilines is 9. The number of nitrogens with zero attached hydrogens (tertiary/aromatic N) is 3. The average Bonchev–Trinajstić information content (AvgIpc) is 0.630. The van der Waals surface area contributed by atoms with Gasteiger partial charge in [0.15, 0.2) is 0 Å². The van der Waals surface area contributed by atoms with E-state index in [1.807, 2.05) is 0 Å². The predicted octanol–water partition coefficient (Wildman–Crippen LogP) is 13.6. The number of allylic oxidation sites excluding steroid dienone is 5. The van der Waals surface area contributed by atoms with Gasteiger partial charge >= 0.3 is 0 Å². The summed E-state index contributed by atoms with van der Waals surface area (Å²) in [6.07, 6.45) is 7.04. The van der Waals surface area contributed by atoms with Crippen molar-refractivity contribution in [2.75, 3.05) is 14.7 Å². The van der Waals surface area contributed by atoms with Gasteiger partial charge in [0, 0.05) is 51.2 Å². The monoisotopic (exact) mass is 1550 g/mol. The molecule has 0 radical (unpaired) electrons. The molecule has 590 valence electrons. The number of hydrogen-bond acceptors (Lipinski definition) is 3. The van der Waals surface area contributed by atoms with Crippen LogP contribution in [0.15, 0.2) is 212 Å². The maximum Gasteiger partial charge on any atom is 0.257 e. The van der Waals surface area contributed by atoms with Gasteiger partial charge in [0.25, 0.3) is 6.71 Å². The van der Waals surface area contributed by atoms with Crippen molar-refractivity contribution in [1.82, 2.24) is 0 Å². The normalized spacial score (nSPS) is 15.9. The maximum absolute atomic E-state index is 4.52. The van der Waals surface area contributed by atoms with Crippen molar-refractivity contribution < 1.29 is 0 Å². The zero-order valence-electron chi connectivity index (χ0n) is 76.6. The molecule has 0 saturated heterocycles. The van der Waals surface area contributed by atoms with Gasteiger partial charge in [0.1, 0.15) is 0 Å². The minimum atomic E-state index is -0.211. The van der Waals surface area contributed by atoms with Crippen LogP contribution in [0.1, 0.15) is 238 Å². The third-order valence-electron chi connectivity index (χ3n) is 29.4. The van der Waals surface area contributed by atoms with E-state index in [0.717, 1.165) is 0 Å². The molecule has 0 aliphatic carbocycles. The molecule has 20 rings (SSSR count). The molecule has 9 aliphatic rings. The van der Waals surface area contributed by atoms with E-state index in [4.69, 9.17) is 0 Å². The SMILES string of the molecule is C=C/C(=C\C=C(/C)B1c2cc(C(C)(C)C)cc3c2N2c4c1cc1c5c4B4c6c2c(cc2c6N6c7c(cc(C(C)(C)C)cc7B(c7ccc(C(C)(C)C)cc7)c7cc8c(c4c76)N5c4c(cc(C(C)(C)C)cc4B8c4ccc(C(C)(C)C)cc4)B1c1ccc(C(C)(C)C)cc1)B2c1ccc(C(C)(C)C)cc1)B3c1ccc(C(C)(C)C)cc1)C(C)(C)C. The molecule has 3 nitrogen and oxygen atoms in total. The average molecular weight is 1550 g/mol. The fraction of sp³-hybridized carbons (Fsp3) is 0.339. The summed E-state index contributed by atoms with van der Waals surface area (Å²) in [4.78, 5) is 8.92. The molecule has 0 atom stereocenters. The topological polar surface area (TPSA) is 9.72 Å².